The van der Waals surface area contributed by atoms with Gasteiger partial charge < -0.3 is 9.64 Å². The molecule has 0 saturated carbocycles. The monoisotopic (exact) mass is 438 g/mol. The number of anilines is 1. The van der Waals surface area contributed by atoms with Crippen LogP contribution in [0.25, 0.3) is 10.2 Å². The molecule has 0 spiro atoms. The Morgan fingerprint density at radius 3 is 2.66 bits per heavy atom. The first kappa shape index (κ1) is 21.1. The van der Waals surface area contributed by atoms with Crippen LogP contribution >= 0.6 is 22.9 Å². The molecule has 0 aliphatic heterocycles. The van der Waals surface area contributed by atoms with Crippen molar-refractivity contribution in [1.82, 2.24) is 4.98 Å². The Hall–Kier alpha value is -2.58. The van der Waals surface area contributed by atoms with Gasteiger partial charge in [-0.05, 0) is 31.2 Å². The second-order valence-electron chi connectivity index (χ2n) is 6.05. The molecular weight excluding hydrogens is 422 g/mol. The van der Waals surface area contributed by atoms with Crippen LogP contribution in [0.5, 0.6) is 0 Å². The van der Waals surface area contributed by atoms with Crippen molar-refractivity contribution < 1.29 is 23.1 Å². The van der Waals surface area contributed by atoms with Crippen LogP contribution < -0.4 is 4.90 Å². The van der Waals surface area contributed by atoms with E-state index >= 15 is 0 Å². The molecule has 1 heterocycles. The number of carbonyl (C=O) groups is 2. The zero-order valence-corrected chi connectivity index (χ0v) is 17.0. The summed E-state index contributed by atoms with van der Waals surface area (Å²) in [5.41, 5.74) is 0.358. The third-order valence-electron chi connectivity index (χ3n) is 4.08. The molecule has 0 aliphatic carbocycles. The van der Waals surface area contributed by atoms with Crippen molar-refractivity contribution in [2.24, 2.45) is 0 Å². The highest BCUT2D eigenvalue weighted by Crippen LogP contribution is 2.31. The summed E-state index contributed by atoms with van der Waals surface area (Å²) in [7, 11) is 0. The number of halogens is 3. The van der Waals surface area contributed by atoms with Gasteiger partial charge in [-0.3, -0.25) is 9.59 Å². The molecule has 0 saturated heterocycles. The lowest BCUT2D eigenvalue weighted by Crippen LogP contribution is -2.31. The second kappa shape index (κ2) is 9.28. The molecule has 3 rings (SSSR count). The first-order valence-corrected chi connectivity index (χ1v) is 10.0. The van der Waals surface area contributed by atoms with Crippen LogP contribution in [-0.2, 0) is 20.9 Å². The molecule has 5 nitrogen and oxygen atoms in total. The van der Waals surface area contributed by atoms with Gasteiger partial charge in [-0.15, -0.1) is 11.3 Å². The van der Waals surface area contributed by atoms with Crippen LogP contribution in [0.15, 0.2) is 36.4 Å². The summed E-state index contributed by atoms with van der Waals surface area (Å²) in [6.07, 6.45) is -0.161. The number of rotatable bonds is 7. The van der Waals surface area contributed by atoms with Gasteiger partial charge in [0.05, 0.1) is 35.0 Å². The van der Waals surface area contributed by atoms with Crippen LogP contribution in [-0.4, -0.2) is 23.5 Å². The zero-order chi connectivity index (χ0) is 21.0. The van der Waals surface area contributed by atoms with Crippen LogP contribution in [0, 0.1) is 11.6 Å². The minimum Gasteiger partial charge on any atom is -0.466 e. The lowest BCUT2D eigenvalue weighted by atomic mass is 10.2. The summed E-state index contributed by atoms with van der Waals surface area (Å²) in [6, 6.07) is 9.23. The van der Waals surface area contributed by atoms with Crippen molar-refractivity contribution in [1.29, 1.82) is 0 Å². The van der Waals surface area contributed by atoms with Crippen LogP contribution in [0.4, 0.5) is 14.5 Å². The average molecular weight is 439 g/mol. The second-order valence-corrected chi connectivity index (χ2v) is 7.57. The Labute approximate surface area is 174 Å². The normalized spacial score (nSPS) is 10.9. The Morgan fingerprint density at radius 1 is 1.17 bits per heavy atom. The molecule has 29 heavy (non-hydrogen) atoms. The molecule has 1 aromatic heterocycles. The molecule has 152 valence electrons. The summed E-state index contributed by atoms with van der Waals surface area (Å²) in [5, 5.41) is 0.754. The summed E-state index contributed by atoms with van der Waals surface area (Å²) in [6.45, 7) is 1.92. The van der Waals surface area contributed by atoms with Crippen molar-refractivity contribution in [3.05, 3.63) is 58.1 Å². The van der Waals surface area contributed by atoms with E-state index in [1.54, 1.807) is 31.2 Å². The number of thiazole rings is 1. The van der Waals surface area contributed by atoms with E-state index in [0.29, 0.717) is 20.4 Å². The van der Waals surface area contributed by atoms with Gasteiger partial charge in [0, 0.05) is 6.42 Å². The van der Waals surface area contributed by atoms with Crippen molar-refractivity contribution >= 4 is 50.7 Å². The summed E-state index contributed by atoms with van der Waals surface area (Å²) < 4.78 is 32.8. The smallest absolute Gasteiger partial charge is 0.306 e. The molecule has 1 amide bonds. The van der Waals surface area contributed by atoms with Gasteiger partial charge >= 0.3 is 5.97 Å². The lowest BCUT2D eigenvalue weighted by Gasteiger charge is -2.23. The van der Waals surface area contributed by atoms with Crippen molar-refractivity contribution in [3.63, 3.8) is 0 Å². The number of aromatic nitrogens is 1. The number of hydrogen-bond donors (Lipinski definition) is 0. The highest BCUT2D eigenvalue weighted by Gasteiger charge is 2.22. The number of ether oxygens (including phenoxy) is 1. The van der Waals surface area contributed by atoms with Gasteiger partial charge in [0.25, 0.3) is 0 Å². The number of hydrogen-bond acceptors (Lipinski definition) is 5. The van der Waals surface area contributed by atoms with Crippen molar-refractivity contribution in [2.45, 2.75) is 26.3 Å². The van der Waals surface area contributed by atoms with E-state index < -0.39 is 17.6 Å². The molecule has 0 aliphatic rings. The highest BCUT2D eigenvalue weighted by atomic mass is 35.5. The van der Waals surface area contributed by atoms with Gasteiger partial charge in [-0.1, -0.05) is 23.7 Å². The number of fused-ring (bicyclic) bond motifs is 1. The third-order valence-corrected chi connectivity index (χ3v) is 5.41. The number of para-hydroxylation sites is 1. The van der Waals surface area contributed by atoms with Crippen LogP contribution in [0.2, 0.25) is 5.02 Å². The Balaban J connectivity index is 1.89. The molecule has 0 fully saturated rings. The first-order chi connectivity index (χ1) is 13.9. The number of nitrogens with zero attached hydrogens (tertiary/aromatic N) is 2. The van der Waals surface area contributed by atoms with Crippen LogP contribution in [0.1, 0.15) is 24.8 Å². The van der Waals surface area contributed by atoms with E-state index in [-0.39, 0.29) is 37.4 Å². The molecule has 0 atom stereocenters. The van der Waals surface area contributed by atoms with Gasteiger partial charge in [-0.2, -0.15) is 0 Å². The van der Waals surface area contributed by atoms with E-state index in [1.165, 1.54) is 11.0 Å². The van der Waals surface area contributed by atoms with Crippen LogP contribution in [0.3, 0.4) is 0 Å². The molecule has 0 bridgehead atoms. The highest BCUT2D eigenvalue weighted by molar-refractivity contribution is 7.18. The minimum absolute atomic E-state index is 0.00575. The Kier molecular flexibility index (Phi) is 6.76. The molecule has 0 radical (unpaired) electrons. The largest absolute Gasteiger partial charge is 0.466 e. The number of benzene rings is 2. The SMILES string of the molecule is CCOC(=O)CCC(=O)N(Cc1nc2c(F)c(F)ccc2s1)c1ccccc1Cl. The fourth-order valence-corrected chi connectivity index (χ4v) is 3.93. The van der Waals surface area contributed by atoms with Gasteiger partial charge in [0.15, 0.2) is 11.6 Å². The summed E-state index contributed by atoms with van der Waals surface area (Å²) >= 11 is 7.41. The predicted octanol–water partition coefficient (Wildman–Crippen LogP) is 5.10. The first-order valence-electron chi connectivity index (χ1n) is 8.84. The number of carbonyl (C=O) groups excluding carboxylic acids is 2. The predicted molar refractivity (Wildman–Crippen MR) is 108 cm³/mol. The topological polar surface area (TPSA) is 59.5 Å². The maximum absolute atomic E-state index is 14.0. The molecule has 0 N–H and O–H groups in total. The van der Waals surface area contributed by atoms with E-state index in [1.807, 2.05) is 0 Å². The van der Waals surface area contributed by atoms with E-state index in [0.717, 1.165) is 17.4 Å². The Morgan fingerprint density at radius 2 is 1.93 bits per heavy atom. The Bertz CT molecular complexity index is 1060. The van der Waals surface area contributed by atoms with E-state index in [4.69, 9.17) is 16.3 Å². The van der Waals surface area contributed by atoms with Gasteiger partial charge in [0.1, 0.15) is 10.5 Å². The maximum Gasteiger partial charge on any atom is 0.306 e. The van der Waals surface area contributed by atoms with E-state index in [9.17, 15) is 18.4 Å². The quantitative estimate of drug-likeness (QED) is 0.481. The molecular formula is C20H17ClF2N2O3S. The lowest BCUT2D eigenvalue weighted by molar-refractivity contribution is -0.144. The number of esters is 1. The fraction of sp³-hybridized carbons (Fsp3) is 0.250. The minimum atomic E-state index is -1.03. The molecule has 0 unspecified atom stereocenters. The van der Waals surface area contributed by atoms with Gasteiger partial charge in [-0.25, -0.2) is 13.8 Å². The van der Waals surface area contributed by atoms with Crippen molar-refractivity contribution in [3.8, 4) is 0 Å². The molecule has 2 aromatic carbocycles. The van der Waals surface area contributed by atoms with E-state index in [2.05, 4.69) is 4.98 Å². The third kappa shape index (κ3) is 4.89. The average Bonchev–Trinajstić information content (AvgIpc) is 3.12. The molecule has 9 heteroatoms. The molecule has 3 aromatic rings. The van der Waals surface area contributed by atoms with Crippen molar-refractivity contribution in [2.75, 3.05) is 11.5 Å². The van der Waals surface area contributed by atoms with Gasteiger partial charge in [0.2, 0.25) is 5.91 Å². The summed E-state index contributed by atoms with van der Waals surface area (Å²) in [4.78, 5) is 30.0. The zero-order valence-electron chi connectivity index (χ0n) is 15.5. The maximum atomic E-state index is 14.0. The fourth-order valence-electron chi connectivity index (χ4n) is 2.74. The summed E-state index contributed by atoms with van der Waals surface area (Å²) in [5.74, 6) is -2.85. The standard InChI is InChI=1S/C20H17ClF2N2O3S/c1-2-28-18(27)10-9-17(26)25(14-6-4-3-5-12(14)21)11-16-24-20-15(29-16)8-7-13(22)19(20)23/h3-8H,2,9-11H2,1H3. The number of amides is 1.